The molecular formula is C12H18BrNO2S. The first-order chi connectivity index (χ1) is 7.94. The molecule has 1 atom stereocenters. The van der Waals surface area contributed by atoms with E-state index in [1.165, 1.54) is 6.26 Å². The molecular weight excluding hydrogens is 302 g/mol. The summed E-state index contributed by atoms with van der Waals surface area (Å²) in [6.07, 6.45) is 1.87. The van der Waals surface area contributed by atoms with Crippen LogP contribution in [0.25, 0.3) is 0 Å². The van der Waals surface area contributed by atoms with Gasteiger partial charge in [0.25, 0.3) is 0 Å². The minimum Gasteiger partial charge on any atom is -0.310 e. The van der Waals surface area contributed by atoms with E-state index in [0.29, 0.717) is 6.42 Å². The lowest BCUT2D eigenvalue weighted by Crippen LogP contribution is -2.23. The smallest absolute Gasteiger partial charge is 0.147 e. The molecule has 1 unspecified atom stereocenters. The molecule has 1 aromatic carbocycles. The van der Waals surface area contributed by atoms with Crippen LogP contribution in [0.3, 0.4) is 0 Å². The molecule has 17 heavy (non-hydrogen) atoms. The van der Waals surface area contributed by atoms with Gasteiger partial charge in [-0.15, -0.1) is 0 Å². The van der Waals surface area contributed by atoms with E-state index in [0.717, 1.165) is 16.6 Å². The third-order valence-corrected chi connectivity index (χ3v) is 4.21. The van der Waals surface area contributed by atoms with Gasteiger partial charge >= 0.3 is 0 Å². The Balaban J connectivity index is 2.82. The Hall–Kier alpha value is -0.390. The normalized spacial score (nSPS) is 13.6. The van der Waals surface area contributed by atoms with E-state index in [1.807, 2.05) is 31.2 Å². The van der Waals surface area contributed by atoms with Crippen molar-refractivity contribution < 1.29 is 8.42 Å². The first-order valence-corrected chi connectivity index (χ1v) is 8.45. The average Bonchev–Trinajstić information content (AvgIpc) is 2.24. The van der Waals surface area contributed by atoms with Crippen molar-refractivity contribution in [3.63, 3.8) is 0 Å². The Morgan fingerprint density at radius 3 is 2.53 bits per heavy atom. The van der Waals surface area contributed by atoms with Crippen LogP contribution < -0.4 is 5.32 Å². The molecule has 1 aromatic rings. The van der Waals surface area contributed by atoms with E-state index in [9.17, 15) is 8.42 Å². The lowest BCUT2D eigenvalue weighted by atomic mass is 10.0. The van der Waals surface area contributed by atoms with Crippen LogP contribution in [0.4, 0.5) is 0 Å². The number of nitrogens with one attached hydrogen (secondary N) is 1. The van der Waals surface area contributed by atoms with Crippen molar-refractivity contribution in [3.8, 4) is 0 Å². The van der Waals surface area contributed by atoms with Crippen LogP contribution in [0, 0.1) is 0 Å². The summed E-state index contributed by atoms with van der Waals surface area (Å²) in [6.45, 7) is 2.83. The molecule has 0 heterocycles. The van der Waals surface area contributed by atoms with Gasteiger partial charge in [0.2, 0.25) is 0 Å². The first kappa shape index (κ1) is 14.7. The maximum Gasteiger partial charge on any atom is 0.147 e. The Bertz CT molecular complexity index is 459. The van der Waals surface area contributed by atoms with Crippen LogP contribution >= 0.6 is 15.9 Å². The largest absolute Gasteiger partial charge is 0.310 e. The van der Waals surface area contributed by atoms with Gasteiger partial charge < -0.3 is 5.32 Å². The molecule has 0 amide bonds. The molecule has 3 nitrogen and oxygen atoms in total. The summed E-state index contributed by atoms with van der Waals surface area (Å²) in [4.78, 5) is 0. The molecule has 0 aliphatic rings. The third kappa shape index (κ3) is 5.19. The molecule has 0 fully saturated rings. The number of sulfone groups is 1. The van der Waals surface area contributed by atoms with E-state index in [-0.39, 0.29) is 11.8 Å². The SMILES string of the molecule is CCNC(CCS(C)(=O)=O)c1ccccc1Br. The molecule has 0 aliphatic carbocycles. The zero-order valence-electron chi connectivity index (χ0n) is 10.1. The fraction of sp³-hybridized carbons (Fsp3) is 0.500. The molecule has 96 valence electrons. The van der Waals surface area contributed by atoms with E-state index in [4.69, 9.17) is 0 Å². The van der Waals surface area contributed by atoms with Crippen molar-refractivity contribution in [1.29, 1.82) is 0 Å². The van der Waals surface area contributed by atoms with Crippen LogP contribution in [-0.2, 0) is 9.84 Å². The van der Waals surface area contributed by atoms with Gasteiger partial charge in [-0.2, -0.15) is 0 Å². The fourth-order valence-electron chi connectivity index (χ4n) is 1.70. The molecule has 0 saturated carbocycles. The summed E-state index contributed by atoms with van der Waals surface area (Å²) >= 11 is 3.50. The highest BCUT2D eigenvalue weighted by Crippen LogP contribution is 2.25. The molecule has 0 aliphatic heterocycles. The van der Waals surface area contributed by atoms with Gasteiger partial charge in [0.15, 0.2) is 0 Å². The predicted octanol–water partition coefficient (Wildman–Crippen LogP) is 2.53. The highest BCUT2D eigenvalue weighted by Gasteiger charge is 2.15. The van der Waals surface area contributed by atoms with Crippen molar-refractivity contribution in [1.82, 2.24) is 5.32 Å². The Kier molecular flexibility index (Phi) is 5.62. The second-order valence-electron chi connectivity index (χ2n) is 4.05. The van der Waals surface area contributed by atoms with Gasteiger partial charge in [-0.05, 0) is 24.6 Å². The van der Waals surface area contributed by atoms with Gasteiger partial charge in [-0.1, -0.05) is 41.1 Å². The van der Waals surface area contributed by atoms with Crippen LogP contribution in [0.5, 0.6) is 0 Å². The summed E-state index contributed by atoms with van der Waals surface area (Å²) in [5, 5.41) is 3.32. The number of hydrogen-bond acceptors (Lipinski definition) is 3. The lowest BCUT2D eigenvalue weighted by Gasteiger charge is -2.19. The highest BCUT2D eigenvalue weighted by atomic mass is 79.9. The summed E-state index contributed by atoms with van der Waals surface area (Å²) in [6, 6.07) is 7.97. The van der Waals surface area contributed by atoms with E-state index < -0.39 is 9.84 Å². The summed E-state index contributed by atoms with van der Waals surface area (Å²) in [7, 11) is -2.91. The zero-order valence-corrected chi connectivity index (χ0v) is 12.5. The van der Waals surface area contributed by atoms with Crippen LogP contribution in [-0.4, -0.2) is 27.0 Å². The maximum absolute atomic E-state index is 11.2. The van der Waals surface area contributed by atoms with Crippen LogP contribution in [0.2, 0.25) is 0 Å². The Morgan fingerprint density at radius 1 is 1.35 bits per heavy atom. The quantitative estimate of drug-likeness (QED) is 0.876. The first-order valence-electron chi connectivity index (χ1n) is 5.59. The second-order valence-corrected chi connectivity index (χ2v) is 7.16. The predicted molar refractivity (Wildman–Crippen MR) is 74.9 cm³/mol. The molecule has 0 spiro atoms. The zero-order chi connectivity index (χ0) is 12.9. The number of rotatable bonds is 6. The van der Waals surface area contributed by atoms with Gasteiger partial charge in [-0.3, -0.25) is 0 Å². The summed E-state index contributed by atoms with van der Waals surface area (Å²) in [5.74, 6) is 0.200. The Labute approximate surface area is 112 Å². The summed E-state index contributed by atoms with van der Waals surface area (Å²) < 4.78 is 23.4. The number of benzene rings is 1. The molecule has 5 heteroatoms. The minimum absolute atomic E-state index is 0.0744. The van der Waals surface area contributed by atoms with Crippen molar-refractivity contribution >= 4 is 25.8 Å². The van der Waals surface area contributed by atoms with Gasteiger partial charge in [0, 0.05) is 16.8 Å². The second kappa shape index (κ2) is 6.52. The van der Waals surface area contributed by atoms with Gasteiger partial charge in [0.1, 0.15) is 9.84 Å². The van der Waals surface area contributed by atoms with Gasteiger partial charge in [-0.25, -0.2) is 8.42 Å². The number of hydrogen-bond donors (Lipinski definition) is 1. The number of halogens is 1. The molecule has 0 radical (unpaired) electrons. The average molecular weight is 320 g/mol. The third-order valence-electron chi connectivity index (χ3n) is 2.51. The lowest BCUT2D eigenvalue weighted by molar-refractivity contribution is 0.528. The fourth-order valence-corrected chi connectivity index (χ4v) is 2.93. The van der Waals surface area contributed by atoms with E-state index in [1.54, 1.807) is 0 Å². The molecule has 1 rings (SSSR count). The molecule has 0 bridgehead atoms. The molecule has 0 aromatic heterocycles. The standard InChI is InChI=1S/C12H18BrNO2S/c1-3-14-12(8-9-17(2,15)16)10-6-4-5-7-11(10)13/h4-7,12,14H,3,8-9H2,1-2H3. The van der Waals surface area contributed by atoms with Crippen molar-refractivity contribution in [2.24, 2.45) is 0 Å². The van der Waals surface area contributed by atoms with Crippen molar-refractivity contribution in [3.05, 3.63) is 34.3 Å². The monoisotopic (exact) mass is 319 g/mol. The molecule has 1 N–H and O–H groups in total. The Morgan fingerprint density at radius 2 is 2.00 bits per heavy atom. The molecule has 0 saturated heterocycles. The summed E-state index contributed by atoms with van der Waals surface area (Å²) in [5.41, 5.74) is 1.11. The van der Waals surface area contributed by atoms with Crippen LogP contribution in [0.15, 0.2) is 28.7 Å². The van der Waals surface area contributed by atoms with E-state index in [2.05, 4.69) is 21.2 Å². The topological polar surface area (TPSA) is 46.2 Å². The maximum atomic E-state index is 11.2. The minimum atomic E-state index is -2.91. The van der Waals surface area contributed by atoms with Crippen LogP contribution in [0.1, 0.15) is 24.9 Å². The van der Waals surface area contributed by atoms with Crippen molar-refractivity contribution in [2.45, 2.75) is 19.4 Å². The van der Waals surface area contributed by atoms with E-state index >= 15 is 0 Å². The highest BCUT2D eigenvalue weighted by molar-refractivity contribution is 9.10. The van der Waals surface area contributed by atoms with Crippen molar-refractivity contribution in [2.75, 3.05) is 18.6 Å². The van der Waals surface area contributed by atoms with Gasteiger partial charge in [0.05, 0.1) is 5.75 Å².